The van der Waals surface area contributed by atoms with Crippen molar-refractivity contribution in [1.29, 1.82) is 0 Å². The van der Waals surface area contributed by atoms with Crippen molar-refractivity contribution in [2.45, 2.75) is 32.2 Å². The predicted octanol–water partition coefficient (Wildman–Crippen LogP) is 2.36. The van der Waals surface area contributed by atoms with E-state index in [4.69, 9.17) is 5.10 Å². The maximum atomic E-state index is 4.79. The van der Waals surface area contributed by atoms with Gasteiger partial charge in [0.25, 0.3) is 0 Å². The quantitative estimate of drug-likeness (QED) is 0.903. The number of nitrogens with one attached hydrogen (secondary N) is 1. The lowest BCUT2D eigenvalue weighted by Crippen LogP contribution is -2.19. The van der Waals surface area contributed by atoms with Gasteiger partial charge in [0.1, 0.15) is 11.5 Å². The van der Waals surface area contributed by atoms with Crippen molar-refractivity contribution in [2.75, 3.05) is 12.4 Å². The summed E-state index contributed by atoms with van der Waals surface area (Å²) in [4.78, 5) is 0. The Hall–Kier alpha value is -1.78. The maximum Gasteiger partial charge on any atom is 0.127 e. The first kappa shape index (κ1) is 11.3. The van der Waals surface area contributed by atoms with Gasteiger partial charge in [-0.3, -0.25) is 4.68 Å². The Morgan fingerprint density at radius 2 is 2.17 bits per heavy atom. The molecule has 0 radical (unpaired) electrons. The fraction of sp³-hybridized carbons (Fsp3) is 0.538. The van der Waals surface area contributed by atoms with Crippen molar-refractivity contribution in [3.05, 3.63) is 18.0 Å². The lowest BCUT2D eigenvalue weighted by atomic mass is 9.93. The molecule has 0 saturated heterocycles. The molecule has 1 fully saturated rings. The molecule has 0 aliphatic heterocycles. The Bertz CT molecular complexity index is 562. The van der Waals surface area contributed by atoms with E-state index in [-0.39, 0.29) is 0 Å². The third-order valence-corrected chi connectivity index (χ3v) is 3.78. The lowest BCUT2D eigenvalue weighted by Gasteiger charge is -2.27. The molecule has 1 aliphatic carbocycles. The molecule has 2 aromatic rings. The first-order chi connectivity index (χ1) is 8.70. The number of anilines is 1. The summed E-state index contributed by atoms with van der Waals surface area (Å²) in [7, 11) is 3.90. The van der Waals surface area contributed by atoms with Crippen LogP contribution in [0.25, 0.3) is 11.3 Å². The summed E-state index contributed by atoms with van der Waals surface area (Å²) in [5, 5.41) is 12.3. The average Bonchev–Trinajstić information content (AvgIpc) is 2.81. The van der Waals surface area contributed by atoms with Gasteiger partial charge in [0.15, 0.2) is 0 Å². The fourth-order valence-corrected chi connectivity index (χ4v) is 2.53. The monoisotopic (exact) mass is 245 g/mol. The van der Waals surface area contributed by atoms with Crippen LogP contribution >= 0.6 is 0 Å². The standard InChI is InChI=1S/C13H19N5/c1-9-12(10-7-15-17(3)8-10)16-18(13(9)14-2)11-5-4-6-11/h7-8,11,14H,4-6H2,1-3H3. The third-order valence-electron chi connectivity index (χ3n) is 3.78. The SMILES string of the molecule is CNc1c(C)c(-c2cnn(C)c2)nn1C1CCC1. The fourth-order valence-electron chi connectivity index (χ4n) is 2.53. The molecule has 18 heavy (non-hydrogen) atoms. The second-order valence-electron chi connectivity index (χ2n) is 5.00. The normalized spacial score (nSPS) is 15.7. The third kappa shape index (κ3) is 1.62. The minimum atomic E-state index is 0.566. The van der Waals surface area contributed by atoms with E-state index in [1.165, 1.54) is 24.8 Å². The van der Waals surface area contributed by atoms with Crippen LogP contribution in [0.5, 0.6) is 0 Å². The Balaban J connectivity index is 2.07. The summed E-state index contributed by atoms with van der Waals surface area (Å²) in [6, 6.07) is 0.566. The zero-order valence-corrected chi connectivity index (χ0v) is 11.1. The van der Waals surface area contributed by atoms with Gasteiger partial charge in [-0.05, 0) is 26.2 Å². The van der Waals surface area contributed by atoms with Gasteiger partial charge >= 0.3 is 0 Å². The second kappa shape index (κ2) is 4.15. The number of aromatic nitrogens is 4. The summed E-state index contributed by atoms with van der Waals surface area (Å²) < 4.78 is 3.97. The van der Waals surface area contributed by atoms with Crippen molar-refractivity contribution < 1.29 is 0 Å². The van der Waals surface area contributed by atoms with Crippen LogP contribution in [0.3, 0.4) is 0 Å². The molecule has 1 aliphatic rings. The van der Waals surface area contributed by atoms with Crippen LogP contribution in [0.15, 0.2) is 12.4 Å². The highest BCUT2D eigenvalue weighted by molar-refractivity contribution is 5.67. The number of aryl methyl sites for hydroxylation is 1. The highest BCUT2D eigenvalue weighted by Gasteiger charge is 2.25. The molecule has 0 amide bonds. The van der Waals surface area contributed by atoms with Crippen molar-refractivity contribution >= 4 is 5.82 Å². The number of hydrogen-bond donors (Lipinski definition) is 1. The second-order valence-corrected chi connectivity index (χ2v) is 5.00. The summed E-state index contributed by atoms with van der Waals surface area (Å²) in [6.07, 6.45) is 7.68. The molecule has 0 atom stereocenters. The molecule has 0 unspecified atom stereocenters. The van der Waals surface area contributed by atoms with Gasteiger partial charge in [0.2, 0.25) is 0 Å². The molecule has 1 N–H and O–H groups in total. The van der Waals surface area contributed by atoms with Crippen LogP contribution in [0.4, 0.5) is 5.82 Å². The van der Waals surface area contributed by atoms with Gasteiger partial charge in [0, 0.05) is 31.4 Å². The van der Waals surface area contributed by atoms with E-state index in [1.54, 1.807) is 0 Å². The highest BCUT2D eigenvalue weighted by Crippen LogP contribution is 2.37. The smallest absolute Gasteiger partial charge is 0.127 e. The van der Waals surface area contributed by atoms with E-state index < -0.39 is 0 Å². The van der Waals surface area contributed by atoms with Gasteiger partial charge in [-0.25, -0.2) is 4.68 Å². The minimum Gasteiger partial charge on any atom is -0.373 e. The van der Waals surface area contributed by atoms with Crippen molar-refractivity contribution in [2.24, 2.45) is 7.05 Å². The molecule has 5 nitrogen and oxygen atoms in total. The molecular weight excluding hydrogens is 226 g/mol. The Morgan fingerprint density at radius 1 is 1.39 bits per heavy atom. The molecule has 2 heterocycles. The summed E-state index contributed by atoms with van der Waals surface area (Å²) >= 11 is 0. The Morgan fingerprint density at radius 3 is 2.67 bits per heavy atom. The molecule has 0 aromatic carbocycles. The van der Waals surface area contributed by atoms with Crippen molar-refractivity contribution in [3.8, 4) is 11.3 Å². The van der Waals surface area contributed by atoms with Crippen LogP contribution in [0.2, 0.25) is 0 Å². The molecule has 0 spiro atoms. The van der Waals surface area contributed by atoms with Gasteiger partial charge < -0.3 is 5.32 Å². The van der Waals surface area contributed by atoms with E-state index in [9.17, 15) is 0 Å². The Kier molecular flexibility index (Phi) is 2.61. The molecular formula is C13H19N5. The average molecular weight is 245 g/mol. The number of rotatable bonds is 3. The predicted molar refractivity (Wildman–Crippen MR) is 71.6 cm³/mol. The molecule has 96 valence electrons. The van der Waals surface area contributed by atoms with E-state index in [0.29, 0.717) is 6.04 Å². The molecule has 2 aromatic heterocycles. The highest BCUT2D eigenvalue weighted by atomic mass is 15.4. The summed E-state index contributed by atoms with van der Waals surface area (Å²) in [5.41, 5.74) is 3.33. The van der Waals surface area contributed by atoms with E-state index in [2.05, 4.69) is 22.0 Å². The molecule has 0 bridgehead atoms. The van der Waals surface area contributed by atoms with Gasteiger partial charge in [-0.1, -0.05) is 0 Å². The van der Waals surface area contributed by atoms with Crippen LogP contribution in [0, 0.1) is 6.92 Å². The first-order valence-corrected chi connectivity index (χ1v) is 6.46. The first-order valence-electron chi connectivity index (χ1n) is 6.46. The van der Waals surface area contributed by atoms with Crippen LogP contribution < -0.4 is 5.32 Å². The topological polar surface area (TPSA) is 47.7 Å². The van der Waals surface area contributed by atoms with E-state index in [1.807, 2.05) is 31.2 Å². The minimum absolute atomic E-state index is 0.566. The zero-order valence-electron chi connectivity index (χ0n) is 11.1. The Labute approximate surface area is 107 Å². The van der Waals surface area contributed by atoms with Gasteiger partial charge in [-0.15, -0.1) is 0 Å². The number of hydrogen-bond acceptors (Lipinski definition) is 3. The van der Waals surface area contributed by atoms with E-state index in [0.717, 1.165) is 17.1 Å². The lowest BCUT2D eigenvalue weighted by molar-refractivity contribution is 0.293. The van der Waals surface area contributed by atoms with Crippen LogP contribution in [0.1, 0.15) is 30.9 Å². The van der Waals surface area contributed by atoms with Gasteiger partial charge in [-0.2, -0.15) is 10.2 Å². The van der Waals surface area contributed by atoms with Gasteiger partial charge in [0.05, 0.1) is 12.2 Å². The largest absolute Gasteiger partial charge is 0.373 e. The summed E-state index contributed by atoms with van der Waals surface area (Å²) in [5.74, 6) is 1.14. The number of nitrogens with zero attached hydrogens (tertiary/aromatic N) is 4. The molecule has 3 rings (SSSR count). The van der Waals surface area contributed by atoms with Crippen LogP contribution in [-0.2, 0) is 7.05 Å². The zero-order chi connectivity index (χ0) is 12.7. The van der Waals surface area contributed by atoms with Crippen LogP contribution in [-0.4, -0.2) is 26.6 Å². The maximum absolute atomic E-state index is 4.79. The van der Waals surface area contributed by atoms with Crippen molar-refractivity contribution in [3.63, 3.8) is 0 Å². The van der Waals surface area contributed by atoms with E-state index >= 15 is 0 Å². The summed E-state index contributed by atoms with van der Waals surface area (Å²) in [6.45, 7) is 2.12. The molecule has 1 saturated carbocycles. The van der Waals surface area contributed by atoms with Crippen molar-refractivity contribution in [1.82, 2.24) is 19.6 Å². The molecule has 5 heteroatoms.